The van der Waals surface area contributed by atoms with E-state index in [1.54, 1.807) is 12.0 Å². The molecule has 0 saturated carbocycles. The Bertz CT molecular complexity index is 281. The molecule has 0 aromatic rings. The zero-order valence-corrected chi connectivity index (χ0v) is 10.2. The molecule has 17 heavy (non-hydrogen) atoms. The molecule has 0 bridgehead atoms. The van der Waals surface area contributed by atoms with Crippen molar-refractivity contribution in [3.8, 4) is 0 Å². The third-order valence-corrected chi connectivity index (χ3v) is 2.94. The summed E-state index contributed by atoms with van der Waals surface area (Å²) in [6, 6.07) is 0. The van der Waals surface area contributed by atoms with Gasteiger partial charge >= 0.3 is 5.97 Å². The summed E-state index contributed by atoms with van der Waals surface area (Å²) in [7, 11) is 1.56. The van der Waals surface area contributed by atoms with E-state index in [0.29, 0.717) is 19.8 Å². The molecule has 6 heteroatoms. The summed E-state index contributed by atoms with van der Waals surface area (Å²) in [4.78, 5) is 24.1. The van der Waals surface area contributed by atoms with E-state index in [2.05, 4.69) is 0 Å². The Morgan fingerprint density at radius 2 is 2.06 bits per heavy atom. The van der Waals surface area contributed by atoms with E-state index < -0.39 is 11.9 Å². The average molecular weight is 245 g/mol. The normalized spacial score (nSPS) is 24.0. The third kappa shape index (κ3) is 3.98. The number of rotatable bonds is 6. The molecule has 1 fully saturated rings. The van der Waals surface area contributed by atoms with E-state index in [-0.39, 0.29) is 25.0 Å². The van der Waals surface area contributed by atoms with Gasteiger partial charge < -0.3 is 19.5 Å². The molecule has 0 spiro atoms. The Kier molecular flexibility index (Phi) is 5.37. The number of aliphatic carboxylic acids is 1. The fraction of sp³-hybridized carbons (Fsp3) is 0.818. The molecule has 0 aliphatic carbocycles. The largest absolute Gasteiger partial charge is 0.481 e. The van der Waals surface area contributed by atoms with Crippen molar-refractivity contribution >= 4 is 11.9 Å². The molecule has 0 aromatic carbocycles. The molecule has 98 valence electrons. The second-order valence-electron chi connectivity index (χ2n) is 4.27. The topological polar surface area (TPSA) is 76.1 Å². The minimum absolute atomic E-state index is 0.00424. The number of hydrogen-bond acceptors (Lipinski definition) is 4. The van der Waals surface area contributed by atoms with Gasteiger partial charge in [0.05, 0.1) is 19.1 Å². The number of hydrogen-bond donors (Lipinski definition) is 1. The first-order valence-electron chi connectivity index (χ1n) is 5.63. The van der Waals surface area contributed by atoms with Crippen LogP contribution in [0.4, 0.5) is 0 Å². The van der Waals surface area contributed by atoms with Crippen LogP contribution in [0.2, 0.25) is 0 Å². The zero-order chi connectivity index (χ0) is 12.8. The Morgan fingerprint density at radius 3 is 2.59 bits per heavy atom. The minimum atomic E-state index is -0.840. The highest BCUT2D eigenvalue weighted by Gasteiger charge is 2.36. The molecule has 1 saturated heterocycles. The monoisotopic (exact) mass is 245 g/mol. The highest BCUT2D eigenvalue weighted by molar-refractivity contribution is 5.79. The van der Waals surface area contributed by atoms with E-state index in [0.717, 1.165) is 0 Å². The van der Waals surface area contributed by atoms with E-state index in [9.17, 15) is 9.59 Å². The van der Waals surface area contributed by atoms with Crippen molar-refractivity contribution in [2.24, 2.45) is 11.8 Å². The Labute approximate surface area is 100 Å². The van der Waals surface area contributed by atoms with E-state index in [1.165, 1.54) is 0 Å². The van der Waals surface area contributed by atoms with E-state index >= 15 is 0 Å². The number of likely N-dealkylation sites (tertiary alicyclic amines) is 1. The van der Waals surface area contributed by atoms with Crippen LogP contribution in [0.5, 0.6) is 0 Å². The molecule has 0 radical (unpaired) electrons. The quantitative estimate of drug-likeness (QED) is 0.657. The van der Waals surface area contributed by atoms with Gasteiger partial charge in [-0.25, -0.2) is 0 Å². The summed E-state index contributed by atoms with van der Waals surface area (Å²) < 4.78 is 9.90. The lowest BCUT2D eigenvalue weighted by molar-refractivity contribution is -0.142. The van der Waals surface area contributed by atoms with Gasteiger partial charge in [0.15, 0.2) is 0 Å². The number of carboxylic acid groups (broad SMARTS) is 1. The number of carboxylic acids is 1. The summed E-state index contributed by atoms with van der Waals surface area (Å²) in [5.74, 6) is -1.46. The van der Waals surface area contributed by atoms with E-state index in [1.807, 2.05) is 6.92 Å². The number of methoxy groups -OCH3 is 1. The molecule has 1 aliphatic heterocycles. The van der Waals surface area contributed by atoms with Crippen LogP contribution in [0.1, 0.15) is 6.92 Å². The maximum Gasteiger partial charge on any atom is 0.308 e. The zero-order valence-electron chi connectivity index (χ0n) is 10.2. The van der Waals surface area contributed by atoms with Gasteiger partial charge in [-0.1, -0.05) is 6.92 Å². The van der Waals surface area contributed by atoms with Crippen LogP contribution in [-0.2, 0) is 19.1 Å². The number of amides is 1. The first-order chi connectivity index (χ1) is 8.06. The van der Waals surface area contributed by atoms with Crippen LogP contribution < -0.4 is 0 Å². The second-order valence-corrected chi connectivity index (χ2v) is 4.27. The summed E-state index contributed by atoms with van der Waals surface area (Å²) in [5, 5.41) is 8.94. The van der Waals surface area contributed by atoms with Gasteiger partial charge in [0.1, 0.15) is 6.61 Å². The molecule has 1 heterocycles. The predicted octanol–water partition coefficient (Wildman–Crippen LogP) is -0.171. The third-order valence-electron chi connectivity index (χ3n) is 2.94. The van der Waals surface area contributed by atoms with Crippen LogP contribution in [0.25, 0.3) is 0 Å². The van der Waals surface area contributed by atoms with Crippen molar-refractivity contribution < 1.29 is 24.2 Å². The van der Waals surface area contributed by atoms with Gasteiger partial charge in [0.2, 0.25) is 5.91 Å². The van der Waals surface area contributed by atoms with Gasteiger partial charge in [0.25, 0.3) is 0 Å². The Balaban J connectivity index is 2.32. The standard InChI is InChI=1S/C11H19NO5/c1-8-5-12(6-9(8)11(14)15)10(13)7-17-4-3-16-2/h8-9H,3-7H2,1-2H3,(H,14,15). The van der Waals surface area contributed by atoms with Gasteiger partial charge in [0, 0.05) is 20.2 Å². The lowest BCUT2D eigenvalue weighted by atomic mass is 9.99. The van der Waals surface area contributed by atoms with Crippen molar-refractivity contribution in [2.45, 2.75) is 6.92 Å². The maximum absolute atomic E-state index is 11.7. The number of ether oxygens (including phenoxy) is 2. The maximum atomic E-state index is 11.7. The van der Waals surface area contributed by atoms with Gasteiger partial charge in [-0.15, -0.1) is 0 Å². The SMILES string of the molecule is COCCOCC(=O)N1CC(C)C(C(=O)O)C1. The first kappa shape index (κ1) is 13.9. The molecule has 2 unspecified atom stereocenters. The van der Waals surface area contributed by atoms with Gasteiger partial charge in [-0.2, -0.15) is 0 Å². The fourth-order valence-corrected chi connectivity index (χ4v) is 1.88. The van der Waals surface area contributed by atoms with Crippen molar-refractivity contribution in [1.29, 1.82) is 0 Å². The van der Waals surface area contributed by atoms with Crippen molar-refractivity contribution in [1.82, 2.24) is 4.90 Å². The Hall–Kier alpha value is -1.14. The molecule has 2 atom stereocenters. The van der Waals surface area contributed by atoms with Crippen LogP contribution >= 0.6 is 0 Å². The van der Waals surface area contributed by atoms with Crippen molar-refractivity contribution in [3.63, 3.8) is 0 Å². The minimum Gasteiger partial charge on any atom is -0.481 e. The van der Waals surface area contributed by atoms with Crippen LogP contribution in [0, 0.1) is 11.8 Å². The van der Waals surface area contributed by atoms with Crippen LogP contribution in [0.15, 0.2) is 0 Å². The smallest absolute Gasteiger partial charge is 0.308 e. The molecule has 1 N–H and O–H groups in total. The number of nitrogens with zero attached hydrogens (tertiary/aromatic N) is 1. The molecule has 1 aliphatic rings. The van der Waals surface area contributed by atoms with Crippen molar-refractivity contribution in [3.05, 3.63) is 0 Å². The number of carbonyl (C=O) groups excluding carboxylic acids is 1. The highest BCUT2D eigenvalue weighted by atomic mass is 16.5. The van der Waals surface area contributed by atoms with E-state index in [4.69, 9.17) is 14.6 Å². The fourth-order valence-electron chi connectivity index (χ4n) is 1.88. The number of carbonyl (C=O) groups is 2. The molecular weight excluding hydrogens is 226 g/mol. The van der Waals surface area contributed by atoms with Gasteiger partial charge in [-0.3, -0.25) is 9.59 Å². The summed E-state index contributed by atoms with van der Waals surface area (Å²) in [6.45, 7) is 3.42. The molecule has 6 nitrogen and oxygen atoms in total. The predicted molar refractivity (Wildman–Crippen MR) is 59.6 cm³/mol. The first-order valence-corrected chi connectivity index (χ1v) is 5.63. The summed E-state index contributed by atoms with van der Waals surface area (Å²) in [6.07, 6.45) is 0. The van der Waals surface area contributed by atoms with Gasteiger partial charge in [-0.05, 0) is 5.92 Å². The van der Waals surface area contributed by atoms with Crippen molar-refractivity contribution in [2.75, 3.05) is 40.0 Å². The van der Waals surface area contributed by atoms with Crippen LogP contribution in [-0.4, -0.2) is 61.9 Å². The average Bonchev–Trinajstić information content (AvgIpc) is 2.66. The highest BCUT2D eigenvalue weighted by Crippen LogP contribution is 2.23. The molecule has 1 amide bonds. The summed E-state index contributed by atoms with van der Waals surface area (Å²) in [5.41, 5.74) is 0. The summed E-state index contributed by atoms with van der Waals surface area (Å²) >= 11 is 0. The second kappa shape index (κ2) is 6.56. The molecular formula is C11H19NO5. The molecule has 1 rings (SSSR count). The van der Waals surface area contributed by atoms with Crippen LogP contribution in [0.3, 0.4) is 0 Å². The lowest BCUT2D eigenvalue weighted by Gasteiger charge is -2.15. The Morgan fingerprint density at radius 1 is 1.35 bits per heavy atom. The lowest BCUT2D eigenvalue weighted by Crippen LogP contribution is -2.33. The molecule has 0 aromatic heterocycles.